The molecule has 0 spiro atoms. The fraction of sp³-hybridized carbons (Fsp3) is 0.231. The van der Waals surface area contributed by atoms with Crippen LogP contribution in [0.3, 0.4) is 0 Å². The first kappa shape index (κ1) is 12.3. The molecule has 2 aromatic rings. The van der Waals surface area contributed by atoms with Crippen molar-refractivity contribution in [2.24, 2.45) is 0 Å². The molecule has 4 N–H and O–H groups in total. The van der Waals surface area contributed by atoms with Gasteiger partial charge >= 0.3 is 0 Å². The van der Waals surface area contributed by atoms with E-state index in [0.717, 1.165) is 11.1 Å². The minimum absolute atomic E-state index is 0.376. The average molecular weight is 244 g/mol. The quantitative estimate of drug-likeness (QED) is 0.759. The second-order valence-electron chi connectivity index (χ2n) is 4.04. The van der Waals surface area contributed by atoms with Crippen molar-refractivity contribution >= 4 is 11.6 Å². The van der Waals surface area contributed by atoms with Crippen LogP contribution in [0.2, 0.25) is 0 Å². The standard InChI is InChI=1S/C13H16N4O/c1-9-12(14)16-8-17-13(9)15-7-11(18)10-5-3-2-4-6-10/h2-6,8,11,18H,7H2,1H3,(H3,14,15,16,17). The Hall–Kier alpha value is -2.14. The molecule has 0 bridgehead atoms. The second kappa shape index (κ2) is 5.46. The van der Waals surface area contributed by atoms with Gasteiger partial charge < -0.3 is 16.2 Å². The number of nitrogens with one attached hydrogen (secondary N) is 1. The van der Waals surface area contributed by atoms with E-state index in [1.807, 2.05) is 37.3 Å². The highest BCUT2D eigenvalue weighted by molar-refractivity contribution is 5.53. The summed E-state index contributed by atoms with van der Waals surface area (Å²) in [6.45, 7) is 2.22. The van der Waals surface area contributed by atoms with Gasteiger partial charge in [0.2, 0.25) is 0 Å². The number of hydrogen-bond donors (Lipinski definition) is 3. The van der Waals surface area contributed by atoms with Crippen molar-refractivity contribution in [3.05, 3.63) is 47.8 Å². The number of aromatic nitrogens is 2. The van der Waals surface area contributed by atoms with Crippen molar-refractivity contribution in [2.75, 3.05) is 17.6 Å². The minimum Gasteiger partial charge on any atom is -0.387 e. The lowest BCUT2D eigenvalue weighted by molar-refractivity contribution is 0.191. The Labute approximate surface area is 106 Å². The monoisotopic (exact) mass is 244 g/mol. The number of nitrogen functional groups attached to an aromatic ring is 1. The van der Waals surface area contributed by atoms with E-state index in [2.05, 4.69) is 15.3 Å². The SMILES string of the molecule is Cc1c(N)ncnc1NCC(O)c1ccccc1. The van der Waals surface area contributed by atoms with Crippen LogP contribution in [-0.2, 0) is 0 Å². The van der Waals surface area contributed by atoms with E-state index in [-0.39, 0.29) is 0 Å². The zero-order valence-electron chi connectivity index (χ0n) is 10.2. The van der Waals surface area contributed by atoms with E-state index in [1.165, 1.54) is 6.33 Å². The van der Waals surface area contributed by atoms with Crippen LogP contribution in [0, 0.1) is 6.92 Å². The summed E-state index contributed by atoms with van der Waals surface area (Å²) in [5.41, 5.74) is 7.34. The molecule has 5 heteroatoms. The summed E-state index contributed by atoms with van der Waals surface area (Å²) in [7, 11) is 0. The van der Waals surface area contributed by atoms with Crippen molar-refractivity contribution in [2.45, 2.75) is 13.0 Å². The Balaban J connectivity index is 2.02. The lowest BCUT2D eigenvalue weighted by Gasteiger charge is -2.14. The van der Waals surface area contributed by atoms with Gasteiger partial charge in [0, 0.05) is 12.1 Å². The summed E-state index contributed by atoms with van der Waals surface area (Å²) >= 11 is 0. The van der Waals surface area contributed by atoms with Gasteiger partial charge in [0.25, 0.3) is 0 Å². The van der Waals surface area contributed by atoms with Gasteiger partial charge in [-0.1, -0.05) is 30.3 Å². The number of aliphatic hydroxyl groups is 1. The Morgan fingerprint density at radius 1 is 1.28 bits per heavy atom. The van der Waals surface area contributed by atoms with E-state index in [9.17, 15) is 5.11 Å². The Kier molecular flexibility index (Phi) is 3.74. The van der Waals surface area contributed by atoms with Gasteiger partial charge in [0.05, 0.1) is 6.10 Å². The molecule has 0 aliphatic carbocycles. The van der Waals surface area contributed by atoms with Crippen LogP contribution in [-0.4, -0.2) is 21.6 Å². The smallest absolute Gasteiger partial charge is 0.134 e. The predicted molar refractivity (Wildman–Crippen MR) is 71.1 cm³/mol. The minimum atomic E-state index is -0.582. The van der Waals surface area contributed by atoms with Crippen molar-refractivity contribution in [3.8, 4) is 0 Å². The molecule has 1 aromatic heterocycles. The molecule has 1 heterocycles. The summed E-state index contributed by atoms with van der Waals surface area (Å²) < 4.78 is 0. The highest BCUT2D eigenvalue weighted by atomic mass is 16.3. The van der Waals surface area contributed by atoms with Gasteiger partial charge in [0.1, 0.15) is 18.0 Å². The maximum Gasteiger partial charge on any atom is 0.134 e. The molecule has 1 aromatic carbocycles. The van der Waals surface area contributed by atoms with Crippen LogP contribution in [0.4, 0.5) is 11.6 Å². The molecule has 5 nitrogen and oxygen atoms in total. The summed E-state index contributed by atoms with van der Waals surface area (Å²) in [4.78, 5) is 7.98. The molecule has 1 unspecified atom stereocenters. The topological polar surface area (TPSA) is 84.1 Å². The van der Waals surface area contributed by atoms with Gasteiger partial charge in [-0.05, 0) is 12.5 Å². The Morgan fingerprint density at radius 2 is 2.00 bits per heavy atom. The fourth-order valence-electron chi connectivity index (χ4n) is 1.63. The number of anilines is 2. The molecule has 94 valence electrons. The van der Waals surface area contributed by atoms with Crippen molar-refractivity contribution < 1.29 is 5.11 Å². The Morgan fingerprint density at radius 3 is 2.72 bits per heavy atom. The third-order valence-corrected chi connectivity index (χ3v) is 2.77. The zero-order valence-corrected chi connectivity index (χ0v) is 10.2. The number of rotatable bonds is 4. The second-order valence-corrected chi connectivity index (χ2v) is 4.04. The predicted octanol–water partition coefficient (Wildman–Crippen LogP) is 1.51. The number of hydrogen-bond acceptors (Lipinski definition) is 5. The average Bonchev–Trinajstić information content (AvgIpc) is 2.41. The van der Waals surface area contributed by atoms with E-state index in [1.54, 1.807) is 0 Å². The van der Waals surface area contributed by atoms with Gasteiger partial charge in [-0.3, -0.25) is 0 Å². The van der Waals surface area contributed by atoms with Crippen LogP contribution in [0.5, 0.6) is 0 Å². The largest absolute Gasteiger partial charge is 0.387 e. The maximum absolute atomic E-state index is 10.0. The Bertz CT molecular complexity index is 516. The third-order valence-electron chi connectivity index (χ3n) is 2.77. The van der Waals surface area contributed by atoms with Crippen molar-refractivity contribution in [1.29, 1.82) is 0 Å². The summed E-state index contributed by atoms with van der Waals surface area (Å²) in [5.74, 6) is 1.10. The summed E-state index contributed by atoms with van der Waals surface area (Å²) in [6, 6.07) is 9.47. The molecule has 1 atom stereocenters. The third kappa shape index (κ3) is 2.75. The van der Waals surface area contributed by atoms with Crippen molar-refractivity contribution in [1.82, 2.24) is 9.97 Å². The molecule has 18 heavy (non-hydrogen) atoms. The number of nitrogens with zero attached hydrogens (tertiary/aromatic N) is 2. The van der Waals surface area contributed by atoms with Crippen LogP contribution in [0.15, 0.2) is 36.7 Å². The molecule has 0 amide bonds. The van der Waals surface area contributed by atoms with Crippen molar-refractivity contribution in [3.63, 3.8) is 0 Å². The summed E-state index contributed by atoms with van der Waals surface area (Å²) in [6.07, 6.45) is 0.821. The maximum atomic E-state index is 10.0. The molecule has 0 fully saturated rings. The molecule has 2 rings (SSSR count). The van der Waals surface area contributed by atoms with E-state index in [4.69, 9.17) is 5.73 Å². The lowest BCUT2D eigenvalue weighted by atomic mass is 10.1. The molecule has 0 saturated carbocycles. The van der Waals surface area contributed by atoms with Crippen LogP contribution >= 0.6 is 0 Å². The van der Waals surface area contributed by atoms with Gasteiger partial charge in [-0.15, -0.1) is 0 Å². The highest BCUT2D eigenvalue weighted by Crippen LogP contribution is 2.17. The van der Waals surface area contributed by atoms with Crippen LogP contribution < -0.4 is 11.1 Å². The first-order chi connectivity index (χ1) is 8.68. The zero-order chi connectivity index (χ0) is 13.0. The fourth-order valence-corrected chi connectivity index (χ4v) is 1.63. The van der Waals surface area contributed by atoms with Crippen LogP contribution in [0.1, 0.15) is 17.2 Å². The van der Waals surface area contributed by atoms with E-state index in [0.29, 0.717) is 18.2 Å². The molecule has 0 saturated heterocycles. The molecule has 0 aliphatic heterocycles. The van der Waals surface area contributed by atoms with Crippen LogP contribution in [0.25, 0.3) is 0 Å². The summed E-state index contributed by atoms with van der Waals surface area (Å²) in [5, 5.41) is 13.1. The van der Waals surface area contributed by atoms with Gasteiger partial charge in [-0.2, -0.15) is 0 Å². The molecule has 0 radical (unpaired) electrons. The van der Waals surface area contributed by atoms with E-state index >= 15 is 0 Å². The highest BCUT2D eigenvalue weighted by Gasteiger charge is 2.09. The molecular formula is C13H16N4O. The van der Waals surface area contributed by atoms with Gasteiger partial charge in [0.15, 0.2) is 0 Å². The first-order valence-electron chi connectivity index (χ1n) is 5.72. The first-order valence-corrected chi connectivity index (χ1v) is 5.72. The molecular weight excluding hydrogens is 228 g/mol. The van der Waals surface area contributed by atoms with Gasteiger partial charge in [-0.25, -0.2) is 9.97 Å². The van der Waals surface area contributed by atoms with E-state index < -0.39 is 6.10 Å². The number of nitrogens with two attached hydrogens (primary N) is 1. The lowest BCUT2D eigenvalue weighted by Crippen LogP contribution is -2.14. The number of benzene rings is 1. The molecule has 0 aliphatic rings. The normalized spacial score (nSPS) is 12.1. The number of aliphatic hydroxyl groups excluding tert-OH is 1.